The summed E-state index contributed by atoms with van der Waals surface area (Å²) in [7, 11) is 1.60. The first-order valence-electron chi connectivity index (χ1n) is 8.93. The third-order valence-corrected chi connectivity index (χ3v) is 5.01. The number of methoxy groups -OCH3 is 1. The van der Waals surface area contributed by atoms with Crippen LogP contribution in [0.25, 0.3) is 17.2 Å². The van der Waals surface area contributed by atoms with Gasteiger partial charge >= 0.3 is 0 Å². The number of aromatic nitrogens is 4. The van der Waals surface area contributed by atoms with Crippen LogP contribution in [0.1, 0.15) is 11.1 Å². The summed E-state index contributed by atoms with van der Waals surface area (Å²) in [6, 6.07) is 11.9. The van der Waals surface area contributed by atoms with Crippen molar-refractivity contribution in [1.82, 2.24) is 25.1 Å². The number of rotatable bonds is 8. The maximum atomic E-state index is 12.1. The summed E-state index contributed by atoms with van der Waals surface area (Å²) >= 11 is 1.35. The molecule has 28 heavy (non-hydrogen) atoms. The molecule has 0 aliphatic heterocycles. The standard InChI is InChI=1S/C20H23N5O2S/c1-14-7-8-17(15(2)12-14)25-19(16-6-4-5-9-21-16)23-24-20(25)28-13-18(26)22-10-11-27-3/h4-9,12H,10-11,13H2,1-3H3,(H,22,26). The summed E-state index contributed by atoms with van der Waals surface area (Å²) < 4.78 is 6.91. The monoisotopic (exact) mass is 397 g/mol. The lowest BCUT2D eigenvalue weighted by molar-refractivity contribution is -0.118. The summed E-state index contributed by atoms with van der Waals surface area (Å²) in [6.07, 6.45) is 1.73. The third-order valence-electron chi connectivity index (χ3n) is 4.08. The maximum absolute atomic E-state index is 12.1. The fraction of sp³-hybridized carbons (Fsp3) is 0.300. The van der Waals surface area contributed by atoms with Crippen LogP contribution in [-0.4, -0.2) is 51.7 Å². The maximum Gasteiger partial charge on any atom is 0.230 e. The van der Waals surface area contributed by atoms with Crippen molar-refractivity contribution in [3.05, 3.63) is 53.7 Å². The zero-order valence-corrected chi connectivity index (χ0v) is 17.0. The second-order valence-corrected chi connectivity index (χ2v) is 7.22. The van der Waals surface area contributed by atoms with Crippen molar-refractivity contribution < 1.29 is 9.53 Å². The highest BCUT2D eigenvalue weighted by Crippen LogP contribution is 2.28. The SMILES string of the molecule is COCCNC(=O)CSc1nnc(-c2ccccn2)n1-c1ccc(C)cc1C. The van der Waals surface area contributed by atoms with E-state index in [-0.39, 0.29) is 11.7 Å². The van der Waals surface area contributed by atoms with Crippen LogP contribution in [0.3, 0.4) is 0 Å². The normalized spacial score (nSPS) is 10.8. The van der Waals surface area contributed by atoms with Crippen LogP contribution >= 0.6 is 11.8 Å². The van der Waals surface area contributed by atoms with Crippen LogP contribution in [0.2, 0.25) is 0 Å². The number of aryl methyl sites for hydroxylation is 2. The Kier molecular flexibility index (Phi) is 6.78. The average molecular weight is 398 g/mol. The zero-order valence-electron chi connectivity index (χ0n) is 16.2. The smallest absolute Gasteiger partial charge is 0.230 e. The Labute approximate surface area is 168 Å². The van der Waals surface area contributed by atoms with E-state index in [4.69, 9.17) is 4.74 Å². The molecule has 0 saturated carbocycles. The van der Waals surface area contributed by atoms with Crippen LogP contribution in [0.4, 0.5) is 0 Å². The summed E-state index contributed by atoms with van der Waals surface area (Å²) in [5.41, 5.74) is 3.98. The number of amides is 1. The van der Waals surface area contributed by atoms with Gasteiger partial charge in [-0.3, -0.25) is 14.3 Å². The van der Waals surface area contributed by atoms with Crippen molar-refractivity contribution in [2.75, 3.05) is 26.0 Å². The second kappa shape index (κ2) is 9.48. The summed E-state index contributed by atoms with van der Waals surface area (Å²) in [6.45, 7) is 5.08. The van der Waals surface area contributed by atoms with E-state index >= 15 is 0 Å². The summed E-state index contributed by atoms with van der Waals surface area (Å²) in [5.74, 6) is 0.820. The van der Waals surface area contributed by atoms with Crippen LogP contribution in [0.5, 0.6) is 0 Å². The van der Waals surface area contributed by atoms with Gasteiger partial charge in [-0.15, -0.1) is 10.2 Å². The van der Waals surface area contributed by atoms with E-state index in [0.717, 1.165) is 16.9 Å². The molecule has 1 aromatic carbocycles. The van der Waals surface area contributed by atoms with E-state index in [1.165, 1.54) is 17.3 Å². The largest absolute Gasteiger partial charge is 0.383 e. The van der Waals surface area contributed by atoms with Crippen molar-refractivity contribution in [2.45, 2.75) is 19.0 Å². The molecule has 0 spiro atoms. The molecule has 0 aliphatic rings. The Balaban J connectivity index is 1.92. The fourth-order valence-electron chi connectivity index (χ4n) is 2.77. The summed E-state index contributed by atoms with van der Waals surface area (Å²) in [5, 5.41) is 12.2. The molecule has 0 fully saturated rings. The van der Waals surface area contributed by atoms with E-state index in [1.807, 2.05) is 28.8 Å². The number of nitrogens with one attached hydrogen (secondary N) is 1. The molecular weight excluding hydrogens is 374 g/mol. The van der Waals surface area contributed by atoms with Gasteiger partial charge in [0.1, 0.15) is 5.69 Å². The molecule has 3 rings (SSSR count). The van der Waals surface area contributed by atoms with Gasteiger partial charge < -0.3 is 10.1 Å². The number of nitrogens with zero attached hydrogens (tertiary/aromatic N) is 4. The lowest BCUT2D eigenvalue weighted by Gasteiger charge is -2.13. The highest BCUT2D eigenvalue weighted by Gasteiger charge is 2.19. The molecular formula is C20H23N5O2S. The first-order chi connectivity index (χ1) is 13.6. The lowest BCUT2D eigenvalue weighted by Crippen LogP contribution is -2.28. The third kappa shape index (κ3) is 4.76. The number of pyridine rings is 1. The van der Waals surface area contributed by atoms with Gasteiger partial charge in [0.25, 0.3) is 0 Å². The Hall–Kier alpha value is -2.71. The topological polar surface area (TPSA) is 81.9 Å². The van der Waals surface area contributed by atoms with Gasteiger partial charge in [-0.1, -0.05) is 35.5 Å². The zero-order chi connectivity index (χ0) is 19.9. The highest BCUT2D eigenvalue weighted by molar-refractivity contribution is 7.99. The quantitative estimate of drug-likeness (QED) is 0.465. The van der Waals surface area contributed by atoms with E-state index in [1.54, 1.807) is 13.3 Å². The van der Waals surface area contributed by atoms with Gasteiger partial charge in [0, 0.05) is 19.9 Å². The number of benzene rings is 1. The van der Waals surface area contributed by atoms with Gasteiger partial charge in [-0.2, -0.15) is 0 Å². The van der Waals surface area contributed by atoms with Gasteiger partial charge in [-0.25, -0.2) is 0 Å². The molecule has 7 nitrogen and oxygen atoms in total. The van der Waals surface area contributed by atoms with Gasteiger partial charge in [-0.05, 0) is 37.6 Å². The summed E-state index contributed by atoms with van der Waals surface area (Å²) in [4.78, 5) is 16.5. The molecule has 0 unspecified atom stereocenters. The molecule has 0 bridgehead atoms. The van der Waals surface area contributed by atoms with E-state index < -0.39 is 0 Å². The minimum atomic E-state index is -0.0726. The van der Waals surface area contributed by atoms with Crippen molar-refractivity contribution in [1.29, 1.82) is 0 Å². The van der Waals surface area contributed by atoms with E-state index in [9.17, 15) is 4.79 Å². The molecule has 1 N–H and O–H groups in total. The van der Waals surface area contributed by atoms with Crippen LogP contribution in [-0.2, 0) is 9.53 Å². The number of hydrogen-bond donors (Lipinski definition) is 1. The predicted molar refractivity (Wildman–Crippen MR) is 110 cm³/mol. The first-order valence-corrected chi connectivity index (χ1v) is 9.91. The van der Waals surface area contributed by atoms with Crippen molar-refractivity contribution in [2.24, 2.45) is 0 Å². The number of carbonyl (C=O) groups excluding carboxylic acids is 1. The van der Waals surface area contributed by atoms with Gasteiger partial charge in [0.2, 0.25) is 5.91 Å². The molecule has 0 aliphatic carbocycles. The number of hydrogen-bond acceptors (Lipinski definition) is 6. The van der Waals surface area contributed by atoms with Crippen LogP contribution < -0.4 is 5.32 Å². The van der Waals surface area contributed by atoms with Crippen LogP contribution in [0.15, 0.2) is 47.8 Å². The molecule has 8 heteroatoms. The number of thioether (sulfide) groups is 1. The molecule has 0 radical (unpaired) electrons. The average Bonchev–Trinajstić information content (AvgIpc) is 3.11. The molecule has 0 saturated heterocycles. The Morgan fingerprint density at radius 3 is 2.79 bits per heavy atom. The van der Waals surface area contributed by atoms with Gasteiger partial charge in [0.15, 0.2) is 11.0 Å². The minimum absolute atomic E-state index is 0.0726. The number of carbonyl (C=O) groups is 1. The predicted octanol–water partition coefficient (Wildman–Crippen LogP) is 2.80. The van der Waals surface area contributed by atoms with Crippen molar-refractivity contribution in [3.8, 4) is 17.2 Å². The Bertz CT molecular complexity index is 943. The first kappa shape index (κ1) is 20.0. The Morgan fingerprint density at radius 1 is 1.21 bits per heavy atom. The Morgan fingerprint density at radius 2 is 2.07 bits per heavy atom. The van der Waals surface area contributed by atoms with Crippen molar-refractivity contribution in [3.63, 3.8) is 0 Å². The lowest BCUT2D eigenvalue weighted by atomic mass is 10.1. The van der Waals surface area contributed by atoms with E-state index in [2.05, 4.69) is 46.5 Å². The number of ether oxygens (including phenoxy) is 1. The van der Waals surface area contributed by atoms with Gasteiger partial charge in [0.05, 0.1) is 18.0 Å². The minimum Gasteiger partial charge on any atom is -0.383 e. The fourth-order valence-corrected chi connectivity index (χ4v) is 3.55. The van der Waals surface area contributed by atoms with E-state index in [0.29, 0.717) is 24.1 Å². The molecule has 2 aromatic heterocycles. The highest BCUT2D eigenvalue weighted by atomic mass is 32.2. The molecule has 146 valence electrons. The molecule has 0 atom stereocenters. The molecule has 2 heterocycles. The molecule has 3 aromatic rings. The second-order valence-electron chi connectivity index (χ2n) is 6.28. The molecule has 1 amide bonds. The van der Waals surface area contributed by atoms with Crippen molar-refractivity contribution >= 4 is 17.7 Å². The van der Waals surface area contributed by atoms with Crippen LogP contribution in [0, 0.1) is 13.8 Å².